The first-order valence-electron chi connectivity index (χ1n) is 8.06. The van der Waals surface area contributed by atoms with Crippen molar-refractivity contribution in [1.82, 2.24) is 10.2 Å². The number of likely N-dealkylation sites (N-methyl/N-ethyl adjacent to an activating group) is 2. The molecule has 1 N–H and O–H groups in total. The van der Waals surface area contributed by atoms with Gasteiger partial charge in [-0.2, -0.15) is 0 Å². The number of nitrogens with one attached hydrogen (secondary N) is 1. The summed E-state index contributed by atoms with van der Waals surface area (Å²) in [5, 5.41) is 3.63. The monoisotopic (exact) mass is 276 g/mol. The fraction of sp³-hybridized carbons (Fsp3) is 0.667. The lowest BCUT2D eigenvalue weighted by Gasteiger charge is -2.30. The maximum absolute atomic E-state index is 3.63. The van der Waals surface area contributed by atoms with Gasteiger partial charge in [0.15, 0.2) is 0 Å². The summed E-state index contributed by atoms with van der Waals surface area (Å²) in [7, 11) is 0. The lowest BCUT2D eigenvalue weighted by molar-refractivity contribution is 0.208. The van der Waals surface area contributed by atoms with Gasteiger partial charge in [-0.3, -0.25) is 4.90 Å². The summed E-state index contributed by atoms with van der Waals surface area (Å²) < 4.78 is 0. The Morgan fingerprint density at radius 2 is 1.50 bits per heavy atom. The van der Waals surface area contributed by atoms with Gasteiger partial charge in [-0.1, -0.05) is 52.0 Å². The molecule has 0 saturated carbocycles. The Morgan fingerprint density at radius 3 is 1.90 bits per heavy atom. The number of benzene rings is 1. The zero-order valence-electron chi connectivity index (χ0n) is 14.1. The second-order valence-electron chi connectivity index (χ2n) is 6.11. The van der Waals surface area contributed by atoms with Crippen LogP contribution in [0.15, 0.2) is 24.3 Å². The van der Waals surface area contributed by atoms with Crippen molar-refractivity contribution in [3.05, 3.63) is 35.4 Å². The molecule has 0 radical (unpaired) electrons. The molecule has 0 aliphatic rings. The maximum atomic E-state index is 3.63. The summed E-state index contributed by atoms with van der Waals surface area (Å²) in [4.78, 5) is 2.52. The van der Waals surface area contributed by atoms with Crippen molar-refractivity contribution in [1.29, 1.82) is 0 Å². The van der Waals surface area contributed by atoms with E-state index in [-0.39, 0.29) is 0 Å². The van der Waals surface area contributed by atoms with E-state index in [0.717, 1.165) is 19.6 Å². The molecule has 0 amide bonds. The highest BCUT2D eigenvalue weighted by molar-refractivity contribution is 5.27. The Balaban J connectivity index is 2.84. The summed E-state index contributed by atoms with van der Waals surface area (Å²) in [6.07, 6.45) is 0. The van der Waals surface area contributed by atoms with Gasteiger partial charge in [0.1, 0.15) is 0 Å². The Kier molecular flexibility index (Phi) is 7.25. The number of rotatable bonds is 8. The van der Waals surface area contributed by atoms with E-state index in [0.29, 0.717) is 18.0 Å². The Bertz CT molecular complexity index is 368. The highest BCUT2D eigenvalue weighted by atomic mass is 15.2. The number of hydrogen-bond donors (Lipinski definition) is 1. The van der Waals surface area contributed by atoms with Gasteiger partial charge in [0.05, 0.1) is 0 Å². The molecule has 2 nitrogen and oxygen atoms in total. The molecule has 0 aliphatic heterocycles. The van der Waals surface area contributed by atoms with Crippen molar-refractivity contribution in [3.63, 3.8) is 0 Å². The first kappa shape index (κ1) is 17.2. The molecular weight excluding hydrogens is 244 g/mol. The van der Waals surface area contributed by atoms with Crippen LogP contribution in [0.4, 0.5) is 0 Å². The van der Waals surface area contributed by atoms with Gasteiger partial charge in [-0.25, -0.2) is 0 Å². The highest BCUT2D eigenvalue weighted by Crippen LogP contribution is 2.20. The molecule has 114 valence electrons. The van der Waals surface area contributed by atoms with Crippen LogP contribution in [0.1, 0.15) is 64.6 Å². The normalized spacial score (nSPS) is 13.4. The van der Waals surface area contributed by atoms with E-state index in [9.17, 15) is 0 Å². The minimum atomic E-state index is 0.420. The fourth-order valence-electron chi connectivity index (χ4n) is 2.59. The topological polar surface area (TPSA) is 15.3 Å². The quantitative estimate of drug-likeness (QED) is 0.766. The standard InChI is InChI=1S/C18H32N2/c1-7-19-18(13-20(8-2)15(5)6)17-11-9-16(10-12-17)14(3)4/h9-12,14-15,18-19H,7-8,13H2,1-6H3. The molecule has 1 rings (SSSR count). The largest absolute Gasteiger partial charge is 0.309 e. The van der Waals surface area contributed by atoms with Gasteiger partial charge in [-0.05, 0) is 44.0 Å². The molecule has 20 heavy (non-hydrogen) atoms. The fourth-order valence-corrected chi connectivity index (χ4v) is 2.59. The molecule has 2 heteroatoms. The predicted molar refractivity (Wildman–Crippen MR) is 89.3 cm³/mol. The lowest BCUT2D eigenvalue weighted by atomic mass is 9.98. The van der Waals surface area contributed by atoms with Crippen LogP contribution in [0.5, 0.6) is 0 Å². The first-order valence-corrected chi connectivity index (χ1v) is 8.06. The average Bonchev–Trinajstić information content (AvgIpc) is 2.43. The van der Waals surface area contributed by atoms with Crippen LogP contribution < -0.4 is 5.32 Å². The minimum Gasteiger partial charge on any atom is -0.309 e. The second kappa shape index (κ2) is 8.43. The van der Waals surface area contributed by atoms with Gasteiger partial charge in [0.25, 0.3) is 0 Å². The summed E-state index contributed by atoms with van der Waals surface area (Å²) in [6.45, 7) is 16.6. The van der Waals surface area contributed by atoms with E-state index in [4.69, 9.17) is 0 Å². The maximum Gasteiger partial charge on any atom is 0.0449 e. The van der Waals surface area contributed by atoms with Crippen molar-refractivity contribution in [3.8, 4) is 0 Å². The number of hydrogen-bond acceptors (Lipinski definition) is 2. The van der Waals surface area contributed by atoms with Gasteiger partial charge in [0.2, 0.25) is 0 Å². The molecule has 0 fully saturated rings. The minimum absolute atomic E-state index is 0.420. The van der Waals surface area contributed by atoms with Gasteiger partial charge in [-0.15, -0.1) is 0 Å². The second-order valence-corrected chi connectivity index (χ2v) is 6.11. The molecular formula is C18H32N2. The van der Waals surface area contributed by atoms with Crippen molar-refractivity contribution in [2.45, 2.75) is 59.5 Å². The van der Waals surface area contributed by atoms with E-state index in [2.05, 4.69) is 76.0 Å². The molecule has 0 bridgehead atoms. The molecule has 1 aromatic rings. The third kappa shape index (κ3) is 4.92. The highest BCUT2D eigenvalue weighted by Gasteiger charge is 2.16. The van der Waals surface area contributed by atoms with Crippen molar-refractivity contribution >= 4 is 0 Å². The molecule has 1 unspecified atom stereocenters. The molecule has 0 aliphatic carbocycles. The van der Waals surface area contributed by atoms with Crippen LogP contribution in [-0.4, -0.2) is 30.6 Å². The molecule has 0 saturated heterocycles. The average molecular weight is 276 g/mol. The number of nitrogens with zero attached hydrogens (tertiary/aromatic N) is 1. The zero-order chi connectivity index (χ0) is 15.1. The van der Waals surface area contributed by atoms with E-state index in [1.165, 1.54) is 11.1 Å². The summed E-state index contributed by atoms with van der Waals surface area (Å²) in [5.74, 6) is 0.601. The van der Waals surface area contributed by atoms with Crippen molar-refractivity contribution < 1.29 is 0 Å². The third-order valence-corrected chi connectivity index (χ3v) is 4.01. The van der Waals surface area contributed by atoms with Crippen LogP contribution in [0.3, 0.4) is 0 Å². The van der Waals surface area contributed by atoms with E-state index >= 15 is 0 Å². The van der Waals surface area contributed by atoms with Crippen LogP contribution in [0.2, 0.25) is 0 Å². The Labute approximate surface area is 125 Å². The third-order valence-electron chi connectivity index (χ3n) is 4.01. The Hall–Kier alpha value is -0.860. The first-order chi connectivity index (χ1) is 9.49. The molecule has 1 atom stereocenters. The SMILES string of the molecule is CCNC(CN(CC)C(C)C)c1ccc(C(C)C)cc1. The van der Waals surface area contributed by atoms with E-state index < -0.39 is 0 Å². The molecule has 0 aromatic heterocycles. The summed E-state index contributed by atoms with van der Waals surface area (Å²) in [6, 6.07) is 10.1. The van der Waals surface area contributed by atoms with Gasteiger partial charge in [0, 0.05) is 18.6 Å². The van der Waals surface area contributed by atoms with Crippen LogP contribution in [-0.2, 0) is 0 Å². The molecule has 1 aromatic carbocycles. The van der Waals surface area contributed by atoms with Crippen LogP contribution in [0.25, 0.3) is 0 Å². The zero-order valence-corrected chi connectivity index (χ0v) is 14.1. The lowest BCUT2D eigenvalue weighted by Crippen LogP contribution is -2.39. The van der Waals surface area contributed by atoms with E-state index in [1.807, 2.05) is 0 Å². The van der Waals surface area contributed by atoms with Crippen molar-refractivity contribution in [2.75, 3.05) is 19.6 Å². The van der Waals surface area contributed by atoms with Crippen molar-refractivity contribution in [2.24, 2.45) is 0 Å². The predicted octanol–water partition coefficient (Wildman–Crippen LogP) is 4.19. The van der Waals surface area contributed by atoms with Crippen LogP contribution >= 0.6 is 0 Å². The smallest absolute Gasteiger partial charge is 0.0449 e. The molecule has 0 heterocycles. The van der Waals surface area contributed by atoms with E-state index in [1.54, 1.807) is 0 Å². The molecule has 0 spiro atoms. The van der Waals surface area contributed by atoms with Gasteiger partial charge < -0.3 is 5.32 Å². The summed E-state index contributed by atoms with van der Waals surface area (Å²) >= 11 is 0. The van der Waals surface area contributed by atoms with Gasteiger partial charge >= 0.3 is 0 Å². The Morgan fingerprint density at radius 1 is 0.950 bits per heavy atom. The summed E-state index contributed by atoms with van der Waals surface area (Å²) in [5.41, 5.74) is 2.82. The van der Waals surface area contributed by atoms with Crippen LogP contribution in [0, 0.1) is 0 Å².